The van der Waals surface area contributed by atoms with E-state index in [0.717, 1.165) is 37.7 Å². The fourth-order valence-corrected chi connectivity index (χ4v) is 2.89. The van der Waals surface area contributed by atoms with Crippen molar-refractivity contribution in [2.75, 3.05) is 0 Å². The van der Waals surface area contributed by atoms with Gasteiger partial charge in [0.25, 0.3) is 5.69 Å². The zero-order valence-corrected chi connectivity index (χ0v) is 11.4. The first kappa shape index (κ1) is 13.5. The topological polar surface area (TPSA) is 78.0 Å². The molecule has 6 nitrogen and oxygen atoms in total. The largest absolute Gasteiger partial charge is 0.298 e. The molecule has 1 aliphatic rings. The van der Waals surface area contributed by atoms with E-state index in [1.807, 2.05) is 0 Å². The van der Waals surface area contributed by atoms with Crippen LogP contribution in [0.25, 0.3) is 5.69 Å². The maximum absolute atomic E-state index is 11.2. The SMILES string of the molecule is O=Cc1cn(-c2cccc([N+](=O)[O-])c2)nc1C1CCCC1. The van der Waals surface area contributed by atoms with Crippen LogP contribution in [0.5, 0.6) is 0 Å². The summed E-state index contributed by atoms with van der Waals surface area (Å²) in [5.41, 5.74) is 2.00. The molecule has 0 unspecified atom stereocenters. The van der Waals surface area contributed by atoms with Gasteiger partial charge in [0, 0.05) is 24.2 Å². The van der Waals surface area contributed by atoms with Gasteiger partial charge in [-0.25, -0.2) is 4.68 Å². The van der Waals surface area contributed by atoms with Gasteiger partial charge in [0.05, 0.1) is 21.9 Å². The summed E-state index contributed by atoms with van der Waals surface area (Å²) in [6.45, 7) is 0. The van der Waals surface area contributed by atoms with Crippen molar-refractivity contribution in [3.05, 3.63) is 51.8 Å². The maximum Gasteiger partial charge on any atom is 0.271 e. The van der Waals surface area contributed by atoms with Gasteiger partial charge in [0.15, 0.2) is 6.29 Å². The molecule has 0 bridgehead atoms. The highest BCUT2D eigenvalue weighted by Crippen LogP contribution is 2.34. The van der Waals surface area contributed by atoms with Crippen molar-refractivity contribution in [2.24, 2.45) is 0 Å². The van der Waals surface area contributed by atoms with Crippen molar-refractivity contribution in [3.63, 3.8) is 0 Å². The monoisotopic (exact) mass is 285 g/mol. The number of aromatic nitrogens is 2. The minimum Gasteiger partial charge on any atom is -0.298 e. The van der Waals surface area contributed by atoms with E-state index in [1.54, 1.807) is 23.0 Å². The standard InChI is InChI=1S/C15H15N3O3/c19-10-12-9-17(16-15(12)11-4-1-2-5-11)13-6-3-7-14(8-13)18(20)21/h3,6-11H,1-2,4-5H2. The predicted octanol–water partition coefficient (Wildman–Crippen LogP) is 3.25. The van der Waals surface area contributed by atoms with Crippen molar-refractivity contribution >= 4 is 12.0 Å². The molecule has 2 aromatic rings. The van der Waals surface area contributed by atoms with E-state index in [1.165, 1.54) is 12.1 Å². The summed E-state index contributed by atoms with van der Waals surface area (Å²) in [5.74, 6) is 0.324. The van der Waals surface area contributed by atoms with Gasteiger partial charge in [-0.2, -0.15) is 5.10 Å². The van der Waals surface area contributed by atoms with Gasteiger partial charge in [0.1, 0.15) is 0 Å². The highest BCUT2D eigenvalue weighted by molar-refractivity contribution is 5.76. The zero-order valence-electron chi connectivity index (χ0n) is 11.4. The van der Waals surface area contributed by atoms with Crippen LogP contribution in [0, 0.1) is 10.1 Å². The van der Waals surface area contributed by atoms with E-state index in [9.17, 15) is 14.9 Å². The quantitative estimate of drug-likeness (QED) is 0.490. The number of non-ortho nitro benzene ring substituents is 1. The zero-order chi connectivity index (χ0) is 14.8. The molecule has 3 rings (SSSR count). The van der Waals surface area contributed by atoms with E-state index in [4.69, 9.17) is 0 Å². The Morgan fingerprint density at radius 3 is 2.76 bits per heavy atom. The van der Waals surface area contributed by atoms with Crippen molar-refractivity contribution in [3.8, 4) is 5.69 Å². The Morgan fingerprint density at radius 2 is 2.10 bits per heavy atom. The third kappa shape index (κ3) is 2.56. The molecule has 6 heteroatoms. The number of carbonyl (C=O) groups excluding carboxylic acids is 1. The van der Waals surface area contributed by atoms with Gasteiger partial charge in [0.2, 0.25) is 0 Å². The van der Waals surface area contributed by atoms with Gasteiger partial charge in [-0.3, -0.25) is 14.9 Å². The molecule has 1 heterocycles. The van der Waals surface area contributed by atoms with E-state index in [-0.39, 0.29) is 5.69 Å². The highest BCUT2D eigenvalue weighted by atomic mass is 16.6. The Balaban J connectivity index is 2.01. The van der Waals surface area contributed by atoms with Crippen LogP contribution in [-0.2, 0) is 0 Å². The second kappa shape index (κ2) is 5.47. The molecule has 1 fully saturated rings. The minimum atomic E-state index is -0.439. The lowest BCUT2D eigenvalue weighted by molar-refractivity contribution is -0.384. The summed E-state index contributed by atoms with van der Waals surface area (Å²) in [4.78, 5) is 21.6. The summed E-state index contributed by atoms with van der Waals surface area (Å²) in [6.07, 6.45) is 6.88. The molecule has 21 heavy (non-hydrogen) atoms. The van der Waals surface area contributed by atoms with Crippen LogP contribution in [0.4, 0.5) is 5.69 Å². The number of nitro groups is 1. The molecule has 1 aromatic heterocycles. The molecular formula is C15H15N3O3. The Labute approximate surface area is 121 Å². The number of hydrogen-bond donors (Lipinski definition) is 0. The summed E-state index contributed by atoms with van der Waals surface area (Å²) in [6, 6.07) is 6.25. The van der Waals surface area contributed by atoms with Crippen LogP contribution >= 0.6 is 0 Å². The number of hydrogen-bond acceptors (Lipinski definition) is 4. The maximum atomic E-state index is 11.2. The lowest BCUT2D eigenvalue weighted by Gasteiger charge is -2.05. The summed E-state index contributed by atoms with van der Waals surface area (Å²) in [7, 11) is 0. The van der Waals surface area contributed by atoms with Crippen LogP contribution < -0.4 is 0 Å². The van der Waals surface area contributed by atoms with Crippen molar-refractivity contribution in [1.82, 2.24) is 9.78 Å². The number of aldehydes is 1. The molecule has 0 N–H and O–H groups in total. The van der Waals surface area contributed by atoms with Gasteiger partial charge in [-0.1, -0.05) is 18.9 Å². The van der Waals surface area contributed by atoms with Crippen LogP contribution in [0.1, 0.15) is 47.7 Å². The van der Waals surface area contributed by atoms with Crippen molar-refractivity contribution < 1.29 is 9.72 Å². The molecule has 0 atom stereocenters. The average Bonchev–Trinajstić information content (AvgIpc) is 3.16. The highest BCUT2D eigenvalue weighted by Gasteiger charge is 2.23. The third-order valence-corrected chi connectivity index (χ3v) is 3.95. The average molecular weight is 285 g/mol. The summed E-state index contributed by atoms with van der Waals surface area (Å²) >= 11 is 0. The van der Waals surface area contributed by atoms with Gasteiger partial charge >= 0.3 is 0 Å². The molecule has 0 amide bonds. The summed E-state index contributed by atoms with van der Waals surface area (Å²) in [5, 5.41) is 15.3. The van der Waals surface area contributed by atoms with Crippen LogP contribution in [0.3, 0.4) is 0 Å². The first-order valence-corrected chi connectivity index (χ1v) is 6.98. The van der Waals surface area contributed by atoms with E-state index < -0.39 is 4.92 Å². The predicted molar refractivity (Wildman–Crippen MR) is 76.8 cm³/mol. The first-order chi connectivity index (χ1) is 10.2. The molecule has 1 aliphatic carbocycles. The number of benzene rings is 1. The number of carbonyl (C=O) groups is 1. The number of nitro benzene ring substituents is 1. The van der Waals surface area contributed by atoms with Crippen LogP contribution in [-0.4, -0.2) is 21.0 Å². The summed E-state index contributed by atoms with van der Waals surface area (Å²) < 4.78 is 1.56. The third-order valence-electron chi connectivity index (χ3n) is 3.95. The lowest BCUT2D eigenvalue weighted by atomic mass is 10.0. The lowest BCUT2D eigenvalue weighted by Crippen LogP contribution is -2.00. The Bertz CT molecular complexity index is 687. The smallest absolute Gasteiger partial charge is 0.271 e. The Kier molecular flexibility index (Phi) is 3.51. The molecule has 0 aliphatic heterocycles. The van der Waals surface area contributed by atoms with Crippen LogP contribution in [0.2, 0.25) is 0 Å². The first-order valence-electron chi connectivity index (χ1n) is 6.98. The van der Waals surface area contributed by atoms with Crippen molar-refractivity contribution in [1.29, 1.82) is 0 Å². The molecule has 0 radical (unpaired) electrons. The van der Waals surface area contributed by atoms with Crippen LogP contribution in [0.15, 0.2) is 30.5 Å². The molecule has 1 aromatic carbocycles. The molecular weight excluding hydrogens is 270 g/mol. The second-order valence-electron chi connectivity index (χ2n) is 5.29. The second-order valence-corrected chi connectivity index (χ2v) is 5.29. The fraction of sp³-hybridized carbons (Fsp3) is 0.333. The molecule has 108 valence electrons. The molecule has 1 saturated carbocycles. The van der Waals surface area contributed by atoms with Gasteiger partial charge in [-0.15, -0.1) is 0 Å². The number of rotatable bonds is 4. The number of nitrogens with zero attached hydrogens (tertiary/aromatic N) is 3. The van der Waals surface area contributed by atoms with E-state index in [0.29, 0.717) is 17.2 Å². The van der Waals surface area contributed by atoms with E-state index in [2.05, 4.69) is 5.10 Å². The molecule has 0 saturated heterocycles. The van der Waals surface area contributed by atoms with Gasteiger partial charge in [-0.05, 0) is 18.9 Å². The van der Waals surface area contributed by atoms with E-state index >= 15 is 0 Å². The Hall–Kier alpha value is -2.50. The molecule has 0 spiro atoms. The van der Waals surface area contributed by atoms with Gasteiger partial charge < -0.3 is 0 Å². The minimum absolute atomic E-state index is 0.0121. The van der Waals surface area contributed by atoms with Crippen molar-refractivity contribution in [2.45, 2.75) is 31.6 Å². The fourth-order valence-electron chi connectivity index (χ4n) is 2.89. The normalized spacial score (nSPS) is 15.2. The Morgan fingerprint density at radius 1 is 1.33 bits per heavy atom.